The van der Waals surface area contributed by atoms with Crippen molar-refractivity contribution in [3.8, 4) is 0 Å². The van der Waals surface area contributed by atoms with E-state index in [1.165, 1.54) is 0 Å². The fraction of sp³-hybridized carbons (Fsp3) is 0.474. The maximum atomic E-state index is 12.1. The van der Waals surface area contributed by atoms with E-state index in [1.807, 2.05) is 30.3 Å². The highest BCUT2D eigenvalue weighted by atomic mass is 16.6. The number of benzene rings is 1. The Kier molecular flexibility index (Phi) is 7.49. The summed E-state index contributed by atoms with van der Waals surface area (Å²) in [6, 6.07) is 9.36. The van der Waals surface area contributed by atoms with Gasteiger partial charge in [0.05, 0.1) is 12.6 Å². The molecule has 0 aliphatic heterocycles. The van der Waals surface area contributed by atoms with Gasteiger partial charge in [-0.25, -0.2) is 9.59 Å². The van der Waals surface area contributed by atoms with Crippen LogP contribution in [0.2, 0.25) is 0 Å². The smallest absolute Gasteiger partial charge is 0.408 e. The summed E-state index contributed by atoms with van der Waals surface area (Å²) in [7, 11) is 0. The van der Waals surface area contributed by atoms with Gasteiger partial charge in [-0.3, -0.25) is 0 Å². The van der Waals surface area contributed by atoms with E-state index in [1.54, 1.807) is 40.7 Å². The Morgan fingerprint density at radius 3 is 2.38 bits per heavy atom. The Morgan fingerprint density at radius 2 is 1.83 bits per heavy atom. The number of rotatable bonds is 6. The summed E-state index contributed by atoms with van der Waals surface area (Å²) in [4.78, 5) is 23.9. The zero-order valence-corrected chi connectivity index (χ0v) is 15.1. The van der Waals surface area contributed by atoms with Crippen LogP contribution in [-0.2, 0) is 20.7 Å². The Hall–Kier alpha value is -2.30. The number of esters is 1. The summed E-state index contributed by atoms with van der Waals surface area (Å²) in [5, 5.41) is 2.80. The first kappa shape index (κ1) is 19.7. The molecule has 1 amide bonds. The molecule has 1 atom stereocenters. The van der Waals surface area contributed by atoms with Crippen LogP contribution in [0.3, 0.4) is 0 Å². The van der Waals surface area contributed by atoms with Gasteiger partial charge in [0.15, 0.2) is 0 Å². The minimum Gasteiger partial charge on any atom is -0.463 e. The van der Waals surface area contributed by atoms with Crippen LogP contribution >= 0.6 is 0 Å². The molecule has 1 rings (SSSR count). The van der Waals surface area contributed by atoms with Crippen LogP contribution < -0.4 is 5.32 Å². The zero-order chi connectivity index (χ0) is 18.2. The van der Waals surface area contributed by atoms with Crippen molar-refractivity contribution >= 4 is 12.1 Å². The Labute approximate surface area is 144 Å². The van der Waals surface area contributed by atoms with Crippen LogP contribution in [0.4, 0.5) is 4.79 Å². The molecule has 0 radical (unpaired) electrons. The van der Waals surface area contributed by atoms with Crippen molar-refractivity contribution in [3.63, 3.8) is 0 Å². The third-order valence-corrected chi connectivity index (χ3v) is 3.05. The second-order valence-corrected chi connectivity index (χ2v) is 6.51. The highest BCUT2D eigenvalue weighted by molar-refractivity contribution is 5.88. The SMILES string of the molecule is CCOC(=O)C(C)=CC(Cc1ccccc1)NC(=O)OC(C)(C)C. The Morgan fingerprint density at radius 1 is 1.21 bits per heavy atom. The first-order valence-corrected chi connectivity index (χ1v) is 8.10. The molecule has 0 aliphatic carbocycles. The van der Waals surface area contributed by atoms with Gasteiger partial charge in [-0.05, 0) is 46.6 Å². The molecule has 0 heterocycles. The molecule has 0 spiro atoms. The lowest BCUT2D eigenvalue weighted by Crippen LogP contribution is -2.39. The van der Waals surface area contributed by atoms with Gasteiger partial charge in [-0.2, -0.15) is 0 Å². The van der Waals surface area contributed by atoms with Gasteiger partial charge in [0.1, 0.15) is 5.60 Å². The van der Waals surface area contributed by atoms with Gasteiger partial charge in [0.25, 0.3) is 0 Å². The summed E-state index contributed by atoms with van der Waals surface area (Å²) in [5.41, 5.74) is 0.918. The zero-order valence-electron chi connectivity index (χ0n) is 15.1. The van der Waals surface area contributed by atoms with Gasteiger partial charge < -0.3 is 14.8 Å². The topological polar surface area (TPSA) is 64.6 Å². The van der Waals surface area contributed by atoms with Gasteiger partial charge in [-0.1, -0.05) is 36.4 Å². The lowest BCUT2D eigenvalue weighted by Gasteiger charge is -2.22. The largest absolute Gasteiger partial charge is 0.463 e. The second kappa shape index (κ2) is 9.11. The monoisotopic (exact) mass is 333 g/mol. The van der Waals surface area contributed by atoms with Gasteiger partial charge >= 0.3 is 12.1 Å². The molecule has 1 aromatic carbocycles. The van der Waals surface area contributed by atoms with Crippen LogP contribution in [-0.4, -0.2) is 30.3 Å². The van der Waals surface area contributed by atoms with Crippen molar-refractivity contribution in [2.24, 2.45) is 0 Å². The highest BCUT2D eigenvalue weighted by Gasteiger charge is 2.19. The van der Waals surface area contributed by atoms with E-state index >= 15 is 0 Å². The fourth-order valence-electron chi connectivity index (χ4n) is 2.09. The van der Waals surface area contributed by atoms with E-state index in [0.717, 1.165) is 5.56 Å². The Bertz CT molecular complexity index is 573. The van der Waals surface area contributed by atoms with Crippen molar-refractivity contribution in [3.05, 3.63) is 47.5 Å². The van der Waals surface area contributed by atoms with Crippen LogP contribution in [0, 0.1) is 0 Å². The summed E-state index contributed by atoms with van der Waals surface area (Å²) < 4.78 is 10.3. The average molecular weight is 333 g/mol. The standard InChI is InChI=1S/C19H27NO4/c1-6-23-17(21)14(2)12-16(13-15-10-8-7-9-11-15)20-18(22)24-19(3,4)5/h7-12,16H,6,13H2,1-5H3,(H,20,22). The molecule has 5 heteroatoms. The lowest BCUT2D eigenvalue weighted by molar-refractivity contribution is -0.138. The van der Waals surface area contributed by atoms with Crippen LogP contribution in [0.15, 0.2) is 42.0 Å². The third kappa shape index (κ3) is 7.81. The molecule has 0 aromatic heterocycles. The van der Waals surface area contributed by atoms with E-state index in [9.17, 15) is 9.59 Å². The van der Waals surface area contributed by atoms with Gasteiger partial charge in [0.2, 0.25) is 0 Å². The predicted octanol–water partition coefficient (Wildman–Crippen LogP) is 3.63. The molecule has 132 valence electrons. The van der Waals surface area contributed by atoms with E-state index in [0.29, 0.717) is 18.6 Å². The normalized spacial score (nSPS) is 13.1. The third-order valence-electron chi connectivity index (χ3n) is 3.05. The highest BCUT2D eigenvalue weighted by Crippen LogP contribution is 2.10. The maximum absolute atomic E-state index is 12.1. The molecule has 0 saturated heterocycles. The summed E-state index contributed by atoms with van der Waals surface area (Å²) in [6.45, 7) is 9.15. The van der Waals surface area contributed by atoms with E-state index < -0.39 is 11.7 Å². The summed E-state index contributed by atoms with van der Waals surface area (Å²) in [6.07, 6.45) is 1.74. The second-order valence-electron chi connectivity index (χ2n) is 6.51. The van der Waals surface area contributed by atoms with E-state index in [-0.39, 0.29) is 12.0 Å². The average Bonchev–Trinajstić information content (AvgIpc) is 2.46. The van der Waals surface area contributed by atoms with Crippen molar-refractivity contribution in [2.45, 2.75) is 52.7 Å². The quantitative estimate of drug-likeness (QED) is 0.638. The molecular weight excluding hydrogens is 306 g/mol. The van der Waals surface area contributed by atoms with Gasteiger partial charge in [-0.15, -0.1) is 0 Å². The molecule has 1 unspecified atom stereocenters. The minimum absolute atomic E-state index is 0.312. The summed E-state index contributed by atoms with van der Waals surface area (Å²) >= 11 is 0. The molecule has 0 fully saturated rings. The van der Waals surface area contributed by atoms with Gasteiger partial charge in [0, 0.05) is 5.57 Å². The number of nitrogens with one attached hydrogen (secondary N) is 1. The first-order chi connectivity index (χ1) is 11.2. The van der Waals surface area contributed by atoms with Crippen LogP contribution in [0.5, 0.6) is 0 Å². The molecule has 5 nitrogen and oxygen atoms in total. The maximum Gasteiger partial charge on any atom is 0.408 e. The minimum atomic E-state index is -0.582. The number of amides is 1. The number of alkyl carbamates (subject to hydrolysis) is 1. The molecule has 0 saturated carbocycles. The molecule has 1 aromatic rings. The molecular formula is C19H27NO4. The molecule has 0 bridgehead atoms. The number of ether oxygens (including phenoxy) is 2. The molecule has 0 aliphatic rings. The fourth-order valence-corrected chi connectivity index (χ4v) is 2.09. The number of carbonyl (C=O) groups excluding carboxylic acids is 2. The van der Waals surface area contributed by atoms with Crippen molar-refractivity contribution in [1.82, 2.24) is 5.32 Å². The number of hydrogen-bond acceptors (Lipinski definition) is 4. The molecule has 1 N–H and O–H groups in total. The summed E-state index contributed by atoms with van der Waals surface area (Å²) in [5.74, 6) is -0.387. The lowest BCUT2D eigenvalue weighted by atomic mass is 10.0. The molecule has 24 heavy (non-hydrogen) atoms. The first-order valence-electron chi connectivity index (χ1n) is 8.10. The van der Waals surface area contributed by atoms with Crippen LogP contribution in [0.25, 0.3) is 0 Å². The predicted molar refractivity (Wildman–Crippen MR) is 93.7 cm³/mol. The van der Waals surface area contributed by atoms with E-state index in [2.05, 4.69) is 5.32 Å². The number of carbonyl (C=O) groups is 2. The van der Waals surface area contributed by atoms with Crippen molar-refractivity contribution in [2.75, 3.05) is 6.61 Å². The number of hydrogen-bond donors (Lipinski definition) is 1. The van der Waals surface area contributed by atoms with Crippen molar-refractivity contribution < 1.29 is 19.1 Å². The van der Waals surface area contributed by atoms with E-state index in [4.69, 9.17) is 9.47 Å². The van der Waals surface area contributed by atoms with Crippen LogP contribution in [0.1, 0.15) is 40.2 Å². The van der Waals surface area contributed by atoms with Crippen molar-refractivity contribution in [1.29, 1.82) is 0 Å². The Balaban J connectivity index is 2.88.